The van der Waals surface area contributed by atoms with Gasteiger partial charge in [0, 0.05) is 18.5 Å². The Morgan fingerprint density at radius 3 is 2.44 bits per heavy atom. The van der Waals surface area contributed by atoms with E-state index in [0.717, 1.165) is 23.2 Å². The normalized spacial score (nSPS) is 10.9. The molecule has 0 fully saturated rings. The lowest BCUT2D eigenvalue weighted by Crippen LogP contribution is -2.30. The smallest absolute Gasteiger partial charge is 0.306 e. The molecule has 1 amide bonds. The van der Waals surface area contributed by atoms with Gasteiger partial charge in [0.15, 0.2) is 6.61 Å². The molecule has 0 unspecified atom stereocenters. The molecule has 1 N–H and O–H groups in total. The summed E-state index contributed by atoms with van der Waals surface area (Å²) in [6, 6.07) is 8.39. The Kier molecular flexibility index (Phi) is 7.58. The summed E-state index contributed by atoms with van der Waals surface area (Å²) in [4.78, 5) is 23.6. The molecule has 0 radical (unpaired) electrons. The third-order valence-corrected chi connectivity index (χ3v) is 4.51. The monoisotopic (exact) mass is 372 g/mol. The first-order valence-electron chi connectivity index (χ1n) is 9.29. The van der Waals surface area contributed by atoms with E-state index >= 15 is 0 Å². The number of nitrogens with zero attached hydrogens (tertiary/aromatic N) is 1. The fraction of sp³-hybridized carbons (Fsp3) is 0.476. The van der Waals surface area contributed by atoms with E-state index in [9.17, 15) is 9.59 Å². The van der Waals surface area contributed by atoms with E-state index in [1.165, 1.54) is 5.56 Å². The minimum Gasteiger partial charge on any atom is -0.456 e. The van der Waals surface area contributed by atoms with Gasteiger partial charge in [0.05, 0.1) is 5.69 Å². The van der Waals surface area contributed by atoms with Crippen molar-refractivity contribution < 1.29 is 18.8 Å². The molecule has 1 heterocycles. The summed E-state index contributed by atoms with van der Waals surface area (Å²) in [6.45, 7) is 8.21. The second-order valence-corrected chi connectivity index (χ2v) is 6.96. The molecule has 27 heavy (non-hydrogen) atoms. The fourth-order valence-electron chi connectivity index (χ4n) is 2.77. The van der Waals surface area contributed by atoms with Crippen LogP contribution in [0.25, 0.3) is 0 Å². The summed E-state index contributed by atoms with van der Waals surface area (Å²) < 4.78 is 10.1. The van der Waals surface area contributed by atoms with Gasteiger partial charge in [-0.05, 0) is 43.7 Å². The van der Waals surface area contributed by atoms with Crippen LogP contribution in [-0.2, 0) is 27.2 Å². The van der Waals surface area contributed by atoms with Crippen molar-refractivity contribution in [3.63, 3.8) is 0 Å². The van der Waals surface area contributed by atoms with Crippen LogP contribution in [0.3, 0.4) is 0 Å². The second kappa shape index (κ2) is 9.90. The number of carbonyl (C=O) groups excluding carboxylic acids is 2. The molecule has 6 nitrogen and oxygen atoms in total. The lowest BCUT2D eigenvalue weighted by molar-refractivity contribution is -0.148. The van der Waals surface area contributed by atoms with Crippen LogP contribution in [-0.4, -0.2) is 30.2 Å². The van der Waals surface area contributed by atoms with Gasteiger partial charge in [-0.2, -0.15) is 0 Å². The summed E-state index contributed by atoms with van der Waals surface area (Å²) in [5.41, 5.74) is 4.15. The molecule has 1 aromatic carbocycles. The molecule has 0 saturated carbocycles. The van der Waals surface area contributed by atoms with Gasteiger partial charge in [0.2, 0.25) is 0 Å². The number of aromatic nitrogens is 1. The number of esters is 1. The Hall–Kier alpha value is -2.63. The Balaban J connectivity index is 1.63. The number of benzene rings is 1. The Bertz CT molecular complexity index is 743. The maximum absolute atomic E-state index is 11.8. The number of ether oxygens (including phenoxy) is 1. The highest BCUT2D eigenvalue weighted by Crippen LogP contribution is 2.15. The van der Waals surface area contributed by atoms with Crippen molar-refractivity contribution in [2.24, 2.45) is 0 Å². The van der Waals surface area contributed by atoms with E-state index in [4.69, 9.17) is 9.26 Å². The van der Waals surface area contributed by atoms with E-state index < -0.39 is 5.97 Å². The van der Waals surface area contributed by atoms with Crippen LogP contribution in [0.5, 0.6) is 0 Å². The van der Waals surface area contributed by atoms with Crippen molar-refractivity contribution in [1.82, 2.24) is 10.5 Å². The molecule has 1 aromatic heterocycles. The number of amides is 1. The molecule has 6 heteroatoms. The van der Waals surface area contributed by atoms with Gasteiger partial charge in [-0.25, -0.2) is 0 Å². The number of hydrogen-bond acceptors (Lipinski definition) is 5. The number of nitrogens with one attached hydrogen (secondary N) is 1. The van der Waals surface area contributed by atoms with E-state index in [-0.39, 0.29) is 18.9 Å². The highest BCUT2D eigenvalue weighted by molar-refractivity contribution is 5.80. The lowest BCUT2D eigenvalue weighted by Gasteiger charge is -2.08. The number of rotatable bonds is 9. The van der Waals surface area contributed by atoms with Crippen LogP contribution in [0, 0.1) is 13.8 Å². The molecule has 0 saturated heterocycles. The van der Waals surface area contributed by atoms with Gasteiger partial charge in [-0.1, -0.05) is 43.3 Å². The molecule has 0 aliphatic carbocycles. The lowest BCUT2D eigenvalue weighted by atomic mass is 10.0. The first-order valence-corrected chi connectivity index (χ1v) is 9.29. The highest BCUT2D eigenvalue weighted by Gasteiger charge is 2.13. The maximum Gasteiger partial charge on any atom is 0.306 e. The van der Waals surface area contributed by atoms with Crippen molar-refractivity contribution in [3.8, 4) is 0 Å². The predicted octanol–water partition coefficient (Wildman–Crippen LogP) is 3.25. The Morgan fingerprint density at radius 2 is 1.85 bits per heavy atom. The number of carbonyl (C=O) groups is 2. The number of hydrogen-bond donors (Lipinski definition) is 1. The van der Waals surface area contributed by atoms with Crippen LogP contribution in [0.1, 0.15) is 54.3 Å². The third-order valence-electron chi connectivity index (χ3n) is 4.51. The van der Waals surface area contributed by atoms with Gasteiger partial charge in [-0.15, -0.1) is 0 Å². The molecule has 0 aliphatic heterocycles. The second-order valence-electron chi connectivity index (χ2n) is 6.96. The fourth-order valence-corrected chi connectivity index (χ4v) is 2.77. The van der Waals surface area contributed by atoms with Crippen LogP contribution < -0.4 is 5.32 Å². The van der Waals surface area contributed by atoms with Crippen LogP contribution >= 0.6 is 0 Å². The van der Waals surface area contributed by atoms with Crippen molar-refractivity contribution in [1.29, 1.82) is 0 Å². The van der Waals surface area contributed by atoms with Gasteiger partial charge < -0.3 is 14.6 Å². The van der Waals surface area contributed by atoms with Crippen LogP contribution in [0.4, 0.5) is 0 Å². The van der Waals surface area contributed by atoms with E-state index in [1.807, 2.05) is 13.8 Å². The van der Waals surface area contributed by atoms with Gasteiger partial charge in [0.1, 0.15) is 5.76 Å². The zero-order valence-electron chi connectivity index (χ0n) is 16.5. The van der Waals surface area contributed by atoms with Crippen molar-refractivity contribution in [3.05, 3.63) is 52.4 Å². The summed E-state index contributed by atoms with van der Waals surface area (Å²) in [5, 5.41) is 6.62. The van der Waals surface area contributed by atoms with Gasteiger partial charge >= 0.3 is 5.97 Å². The highest BCUT2D eigenvalue weighted by atomic mass is 16.5. The summed E-state index contributed by atoms with van der Waals surface area (Å²) >= 11 is 0. The Morgan fingerprint density at radius 1 is 1.15 bits per heavy atom. The summed E-state index contributed by atoms with van der Waals surface area (Å²) in [7, 11) is 0. The van der Waals surface area contributed by atoms with Crippen LogP contribution in [0.15, 0.2) is 28.8 Å². The van der Waals surface area contributed by atoms with Gasteiger partial charge in [0.25, 0.3) is 5.91 Å². The van der Waals surface area contributed by atoms with Gasteiger partial charge in [-0.3, -0.25) is 9.59 Å². The molecular formula is C21H28N2O4. The first kappa shape index (κ1) is 20.7. The zero-order valence-corrected chi connectivity index (χ0v) is 16.5. The van der Waals surface area contributed by atoms with Crippen LogP contribution in [0.2, 0.25) is 0 Å². The topological polar surface area (TPSA) is 81.4 Å². The van der Waals surface area contributed by atoms with E-state index in [2.05, 4.69) is 48.6 Å². The summed E-state index contributed by atoms with van der Waals surface area (Å²) in [6.07, 6.45) is 1.43. The average molecular weight is 372 g/mol. The standard InChI is InChI=1S/C21H28N2O4/c1-14(2)18-7-5-17(6-8-18)11-12-22-20(24)13-26-21(25)10-9-19-15(3)23-27-16(19)4/h5-8,14H,9-13H2,1-4H3,(H,22,24). The predicted molar refractivity (Wildman–Crippen MR) is 103 cm³/mol. The SMILES string of the molecule is Cc1noc(C)c1CCC(=O)OCC(=O)NCCc1ccc(C(C)C)cc1. The van der Waals surface area contributed by atoms with Crippen molar-refractivity contribution >= 4 is 11.9 Å². The summed E-state index contributed by atoms with van der Waals surface area (Å²) in [5.74, 6) is 0.513. The molecule has 2 rings (SSSR count). The molecule has 0 bridgehead atoms. The molecule has 146 valence electrons. The molecule has 0 aliphatic rings. The van der Waals surface area contributed by atoms with E-state index in [1.54, 1.807) is 0 Å². The van der Waals surface area contributed by atoms with Crippen molar-refractivity contribution in [2.45, 2.75) is 52.9 Å². The van der Waals surface area contributed by atoms with E-state index in [0.29, 0.717) is 24.6 Å². The average Bonchev–Trinajstić information content (AvgIpc) is 2.96. The first-order chi connectivity index (χ1) is 12.9. The zero-order chi connectivity index (χ0) is 19.8. The minimum absolute atomic E-state index is 0.193. The van der Waals surface area contributed by atoms with Crippen molar-refractivity contribution in [2.75, 3.05) is 13.2 Å². The molecule has 2 aromatic rings. The molecule has 0 atom stereocenters. The maximum atomic E-state index is 11.8. The quantitative estimate of drug-likeness (QED) is 0.683. The minimum atomic E-state index is -0.408. The third kappa shape index (κ3) is 6.55. The molecular weight excluding hydrogens is 344 g/mol. The molecule has 0 spiro atoms. The Labute approximate surface area is 160 Å². The number of aryl methyl sites for hydroxylation is 2. The largest absolute Gasteiger partial charge is 0.456 e.